The molecule has 1 aromatic rings. The second-order valence-electron chi connectivity index (χ2n) is 5.07. The van der Waals surface area contributed by atoms with E-state index in [4.69, 9.17) is 11.6 Å². The number of carbonyl (C=O) groups is 1. The van der Waals surface area contributed by atoms with Gasteiger partial charge in [-0.25, -0.2) is 0 Å². The third-order valence-electron chi connectivity index (χ3n) is 3.28. The molecule has 1 amide bonds. The summed E-state index contributed by atoms with van der Waals surface area (Å²) in [5.74, 6) is 0.391. The van der Waals surface area contributed by atoms with Gasteiger partial charge in [-0.3, -0.25) is 9.00 Å². The lowest BCUT2D eigenvalue weighted by Crippen LogP contribution is -2.27. The van der Waals surface area contributed by atoms with Gasteiger partial charge in [0.25, 0.3) is 0 Å². The van der Waals surface area contributed by atoms with E-state index >= 15 is 0 Å². The monoisotopic (exact) mass is 314 g/mol. The molecule has 0 saturated carbocycles. The SMILES string of the molecule is CS(=O)Cc1cc(NC(=O)CC2CCCN2)ccc1Cl. The first-order valence-electron chi connectivity index (χ1n) is 6.66. The highest BCUT2D eigenvalue weighted by Crippen LogP contribution is 2.22. The van der Waals surface area contributed by atoms with Gasteiger partial charge in [-0.2, -0.15) is 0 Å². The first-order valence-corrected chi connectivity index (χ1v) is 8.77. The average molecular weight is 315 g/mol. The number of anilines is 1. The highest BCUT2D eigenvalue weighted by molar-refractivity contribution is 7.83. The summed E-state index contributed by atoms with van der Waals surface area (Å²) in [6, 6.07) is 5.58. The summed E-state index contributed by atoms with van der Waals surface area (Å²) in [6.45, 7) is 0.991. The molecular weight excluding hydrogens is 296 g/mol. The Morgan fingerprint density at radius 1 is 1.55 bits per heavy atom. The Labute approximate surface area is 126 Å². The van der Waals surface area contributed by atoms with Crippen LogP contribution in [-0.2, 0) is 21.3 Å². The Bertz CT molecular complexity index is 516. The maximum Gasteiger partial charge on any atom is 0.225 e. The number of nitrogens with one attached hydrogen (secondary N) is 2. The molecule has 0 spiro atoms. The van der Waals surface area contributed by atoms with Crippen molar-refractivity contribution in [2.45, 2.75) is 31.1 Å². The van der Waals surface area contributed by atoms with E-state index in [0.29, 0.717) is 22.9 Å². The number of benzene rings is 1. The van der Waals surface area contributed by atoms with Crippen molar-refractivity contribution in [1.29, 1.82) is 0 Å². The second-order valence-corrected chi connectivity index (χ2v) is 6.91. The van der Waals surface area contributed by atoms with E-state index in [0.717, 1.165) is 24.9 Å². The van der Waals surface area contributed by atoms with Crippen LogP contribution in [0.5, 0.6) is 0 Å². The summed E-state index contributed by atoms with van der Waals surface area (Å²) in [5, 5.41) is 6.75. The van der Waals surface area contributed by atoms with Crippen molar-refractivity contribution in [2.24, 2.45) is 0 Å². The summed E-state index contributed by atoms with van der Waals surface area (Å²) in [4.78, 5) is 11.9. The zero-order chi connectivity index (χ0) is 14.5. The topological polar surface area (TPSA) is 58.2 Å². The van der Waals surface area contributed by atoms with Crippen molar-refractivity contribution in [3.63, 3.8) is 0 Å². The van der Waals surface area contributed by atoms with Crippen LogP contribution in [0.4, 0.5) is 5.69 Å². The normalized spacial score (nSPS) is 19.8. The van der Waals surface area contributed by atoms with Crippen molar-refractivity contribution in [3.8, 4) is 0 Å². The predicted molar refractivity (Wildman–Crippen MR) is 83.5 cm³/mol. The molecule has 20 heavy (non-hydrogen) atoms. The third kappa shape index (κ3) is 4.58. The van der Waals surface area contributed by atoms with E-state index in [1.165, 1.54) is 0 Å². The van der Waals surface area contributed by atoms with Gasteiger partial charge in [-0.15, -0.1) is 0 Å². The molecule has 2 rings (SSSR count). The van der Waals surface area contributed by atoms with E-state index in [2.05, 4.69) is 10.6 Å². The Balaban J connectivity index is 1.97. The molecule has 0 bridgehead atoms. The molecule has 2 unspecified atom stereocenters. The van der Waals surface area contributed by atoms with Crippen molar-refractivity contribution in [2.75, 3.05) is 18.1 Å². The maximum absolute atomic E-state index is 11.9. The van der Waals surface area contributed by atoms with Crippen LogP contribution in [0.25, 0.3) is 0 Å². The number of carbonyl (C=O) groups excluding carboxylic acids is 1. The van der Waals surface area contributed by atoms with Crippen LogP contribution in [0.15, 0.2) is 18.2 Å². The zero-order valence-electron chi connectivity index (χ0n) is 11.4. The van der Waals surface area contributed by atoms with Gasteiger partial charge in [0.05, 0.1) is 0 Å². The van der Waals surface area contributed by atoms with Crippen LogP contribution in [0.1, 0.15) is 24.8 Å². The summed E-state index contributed by atoms with van der Waals surface area (Å²) in [6.07, 6.45) is 4.30. The summed E-state index contributed by atoms with van der Waals surface area (Å²) in [5.41, 5.74) is 1.50. The smallest absolute Gasteiger partial charge is 0.225 e. The minimum atomic E-state index is -0.959. The number of halogens is 1. The maximum atomic E-state index is 11.9. The van der Waals surface area contributed by atoms with Gasteiger partial charge in [-0.1, -0.05) is 11.6 Å². The largest absolute Gasteiger partial charge is 0.326 e. The molecule has 1 aromatic carbocycles. The van der Waals surface area contributed by atoms with Crippen LogP contribution >= 0.6 is 11.6 Å². The minimum Gasteiger partial charge on any atom is -0.326 e. The Kier molecular flexibility index (Phi) is 5.57. The number of hydrogen-bond acceptors (Lipinski definition) is 3. The standard InChI is InChI=1S/C14H19ClN2O2S/c1-20(19)9-10-7-12(4-5-13(10)15)17-14(18)8-11-3-2-6-16-11/h4-5,7,11,16H,2-3,6,8-9H2,1H3,(H,17,18). The quantitative estimate of drug-likeness (QED) is 0.877. The van der Waals surface area contributed by atoms with Gasteiger partial charge in [0, 0.05) is 46.0 Å². The molecule has 2 N–H and O–H groups in total. The lowest BCUT2D eigenvalue weighted by molar-refractivity contribution is -0.116. The van der Waals surface area contributed by atoms with Crippen molar-refractivity contribution >= 4 is 34.0 Å². The van der Waals surface area contributed by atoms with Crippen LogP contribution in [0.2, 0.25) is 5.02 Å². The van der Waals surface area contributed by atoms with Crippen molar-refractivity contribution < 1.29 is 9.00 Å². The summed E-state index contributed by atoms with van der Waals surface area (Å²) >= 11 is 6.06. The fourth-order valence-electron chi connectivity index (χ4n) is 2.35. The number of amides is 1. The molecule has 1 fully saturated rings. The molecule has 4 nitrogen and oxygen atoms in total. The summed E-state index contributed by atoms with van der Waals surface area (Å²) in [7, 11) is -0.959. The lowest BCUT2D eigenvalue weighted by atomic mass is 10.1. The van der Waals surface area contributed by atoms with Crippen LogP contribution in [0, 0.1) is 0 Å². The Morgan fingerprint density at radius 3 is 3.00 bits per heavy atom. The molecular formula is C14H19ClN2O2S. The molecule has 1 saturated heterocycles. The minimum absolute atomic E-state index is 0.00436. The molecule has 1 heterocycles. The highest BCUT2D eigenvalue weighted by Gasteiger charge is 2.17. The zero-order valence-corrected chi connectivity index (χ0v) is 13.0. The Hall–Kier alpha value is -0.910. The lowest BCUT2D eigenvalue weighted by Gasteiger charge is -2.11. The molecule has 0 radical (unpaired) electrons. The average Bonchev–Trinajstić information content (AvgIpc) is 2.85. The van der Waals surface area contributed by atoms with Crippen LogP contribution in [-0.4, -0.2) is 29.0 Å². The van der Waals surface area contributed by atoms with E-state index in [1.54, 1.807) is 24.5 Å². The fourth-order valence-corrected chi connectivity index (χ4v) is 3.29. The van der Waals surface area contributed by atoms with E-state index < -0.39 is 10.8 Å². The van der Waals surface area contributed by atoms with E-state index in [9.17, 15) is 9.00 Å². The van der Waals surface area contributed by atoms with E-state index in [1.807, 2.05) is 0 Å². The van der Waals surface area contributed by atoms with E-state index in [-0.39, 0.29) is 11.9 Å². The second kappa shape index (κ2) is 7.20. The van der Waals surface area contributed by atoms with Gasteiger partial charge in [0.2, 0.25) is 5.91 Å². The summed E-state index contributed by atoms with van der Waals surface area (Å²) < 4.78 is 11.3. The first-order chi connectivity index (χ1) is 9.54. The molecule has 1 aliphatic rings. The van der Waals surface area contributed by atoms with Crippen molar-refractivity contribution in [3.05, 3.63) is 28.8 Å². The molecule has 6 heteroatoms. The number of rotatable bonds is 5. The molecule has 110 valence electrons. The molecule has 1 aliphatic heterocycles. The first kappa shape index (κ1) is 15.5. The molecule has 2 atom stereocenters. The molecule has 0 aliphatic carbocycles. The Morgan fingerprint density at radius 2 is 2.35 bits per heavy atom. The third-order valence-corrected chi connectivity index (χ3v) is 4.37. The van der Waals surface area contributed by atoms with Crippen LogP contribution in [0.3, 0.4) is 0 Å². The highest BCUT2D eigenvalue weighted by atomic mass is 35.5. The van der Waals surface area contributed by atoms with Gasteiger partial charge >= 0.3 is 0 Å². The van der Waals surface area contributed by atoms with Gasteiger partial charge < -0.3 is 10.6 Å². The predicted octanol–water partition coefficient (Wildman–Crippen LogP) is 2.30. The number of hydrogen-bond donors (Lipinski definition) is 2. The fraction of sp³-hybridized carbons (Fsp3) is 0.500. The van der Waals surface area contributed by atoms with Crippen molar-refractivity contribution in [1.82, 2.24) is 5.32 Å². The molecule has 0 aromatic heterocycles. The van der Waals surface area contributed by atoms with Gasteiger partial charge in [0.1, 0.15) is 0 Å². The van der Waals surface area contributed by atoms with Gasteiger partial charge in [0.15, 0.2) is 0 Å². The van der Waals surface area contributed by atoms with Gasteiger partial charge in [-0.05, 0) is 43.1 Å². The van der Waals surface area contributed by atoms with Crippen LogP contribution < -0.4 is 10.6 Å².